The Kier molecular flexibility index (Phi) is 11.4. The highest BCUT2D eigenvalue weighted by molar-refractivity contribution is 5.96. The molecule has 10 nitrogen and oxygen atoms in total. The summed E-state index contributed by atoms with van der Waals surface area (Å²) in [5, 5.41) is 8.85. The van der Waals surface area contributed by atoms with E-state index in [0.29, 0.717) is 18.6 Å². The molecule has 1 fully saturated rings. The zero-order chi connectivity index (χ0) is 32.7. The minimum absolute atomic E-state index is 0.00256. The molecule has 0 radical (unpaired) electrons. The highest BCUT2D eigenvalue weighted by atomic mass is 16.5. The van der Waals surface area contributed by atoms with Crippen LogP contribution in [0.5, 0.6) is 5.75 Å². The molecule has 3 aliphatic heterocycles. The van der Waals surface area contributed by atoms with Gasteiger partial charge in [-0.3, -0.25) is 19.2 Å². The number of likely N-dealkylation sites (tertiary alicyclic amines) is 1. The minimum Gasteiger partial charge on any atom is -0.488 e. The molecule has 0 saturated carbocycles. The lowest BCUT2D eigenvalue weighted by molar-refractivity contribution is -0.149. The molecular formula is C35H47N5O5. The summed E-state index contributed by atoms with van der Waals surface area (Å²) in [7, 11) is 3.38. The average Bonchev–Trinajstić information content (AvgIpc) is 3.45. The third-order valence-electron chi connectivity index (χ3n) is 8.97. The van der Waals surface area contributed by atoms with Crippen molar-refractivity contribution in [3.8, 4) is 5.75 Å². The van der Waals surface area contributed by atoms with Crippen molar-refractivity contribution in [2.75, 3.05) is 20.6 Å². The predicted molar refractivity (Wildman–Crippen MR) is 174 cm³/mol. The van der Waals surface area contributed by atoms with Crippen LogP contribution < -0.4 is 20.7 Å². The molecule has 2 aromatic rings. The van der Waals surface area contributed by atoms with Crippen LogP contribution >= 0.6 is 0 Å². The number of hydrogen-bond acceptors (Lipinski definition) is 6. The number of nitrogens with zero attached hydrogens (tertiary/aromatic N) is 2. The molecule has 0 unspecified atom stereocenters. The monoisotopic (exact) mass is 617 g/mol. The van der Waals surface area contributed by atoms with Gasteiger partial charge in [-0.05, 0) is 48.2 Å². The van der Waals surface area contributed by atoms with Crippen molar-refractivity contribution in [3.05, 3.63) is 71.9 Å². The Morgan fingerprint density at radius 2 is 1.73 bits per heavy atom. The second-order valence-corrected chi connectivity index (χ2v) is 12.4. The molecule has 6 atom stereocenters. The van der Waals surface area contributed by atoms with E-state index in [1.54, 1.807) is 26.4 Å². The molecule has 2 aromatic carbocycles. The van der Waals surface area contributed by atoms with Crippen molar-refractivity contribution < 1.29 is 23.9 Å². The smallest absolute Gasteiger partial charge is 0.247 e. The number of nitrogens with one attached hydrogen (secondary N) is 3. The van der Waals surface area contributed by atoms with Crippen LogP contribution in [0, 0.1) is 11.8 Å². The highest BCUT2D eigenvalue weighted by Crippen LogP contribution is 2.28. The molecule has 3 heterocycles. The summed E-state index contributed by atoms with van der Waals surface area (Å²) in [5.74, 6) is -0.943. The van der Waals surface area contributed by atoms with Crippen LogP contribution in [0.15, 0.2) is 60.8 Å². The number of amides is 4. The molecule has 0 aliphatic carbocycles. The molecule has 0 spiro atoms. The second-order valence-electron chi connectivity index (χ2n) is 12.4. The quantitative estimate of drug-likeness (QED) is 0.398. The first-order valence-corrected chi connectivity index (χ1v) is 15.9. The zero-order valence-corrected chi connectivity index (χ0v) is 27.2. The molecule has 10 heteroatoms. The van der Waals surface area contributed by atoms with E-state index in [0.717, 1.165) is 11.1 Å². The van der Waals surface area contributed by atoms with E-state index in [-0.39, 0.29) is 42.5 Å². The van der Waals surface area contributed by atoms with E-state index in [1.807, 2.05) is 82.3 Å². The van der Waals surface area contributed by atoms with Crippen LogP contribution in [0.2, 0.25) is 0 Å². The Morgan fingerprint density at radius 1 is 1.04 bits per heavy atom. The Labute approximate surface area is 266 Å². The lowest BCUT2D eigenvalue weighted by Gasteiger charge is -2.36. The number of ether oxygens (including phenoxy) is 1. The number of fused-ring (bicyclic) bond motifs is 7. The molecule has 45 heavy (non-hydrogen) atoms. The normalized spacial score (nSPS) is 22.0. The lowest BCUT2D eigenvalue weighted by atomic mass is 9.97. The van der Waals surface area contributed by atoms with Gasteiger partial charge in [0.2, 0.25) is 23.6 Å². The van der Waals surface area contributed by atoms with Crippen LogP contribution in [-0.2, 0) is 25.6 Å². The first-order chi connectivity index (χ1) is 21.5. The van der Waals surface area contributed by atoms with Gasteiger partial charge in [-0.15, -0.1) is 0 Å². The summed E-state index contributed by atoms with van der Waals surface area (Å²) in [6.45, 7) is 8.03. The van der Waals surface area contributed by atoms with Crippen LogP contribution in [0.4, 0.5) is 0 Å². The van der Waals surface area contributed by atoms with E-state index in [4.69, 9.17) is 4.74 Å². The summed E-state index contributed by atoms with van der Waals surface area (Å²) in [6, 6.07) is 13.7. The first kappa shape index (κ1) is 33.7. The number of rotatable bonds is 9. The van der Waals surface area contributed by atoms with E-state index < -0.39 is 36.2 Å². The van der Waals surface area contributed by atoms with Crippen molar-refractivity contribution in [2.45, 2.75) is 77.2 Å². The van der Waals surface area contributed by atoms with Gasteiger partial charge in [0.25, 0.3) is 0 Å². The van der Waals surface area contributed by atoms with Crippen LogP contribution in [0.25, 0.3) is 6.08 Å². The van der Waals surface area contributed by atoms with E-state index in [9.17, 15) is 19.2 Å². The molecule has 0 aromatic heterocycles. The van der Waals surface area contributed by atoms with Crippen LogP contribution in [0.1, 0.15) is 51.7 Å². The topological polar surface area (TPSA) is 120 Å². The highest BCUT2D eigenvalue weighted by Gasteiger charge is 2.47. The van der Waals surface area contributed by atoms with E-state index in [2.05, 4.69) is 16.0 Å². The third kappa shape index (κ3) is 7.92. The van der Waals surface area contributed by atoms with Gasteiger partial charge in [0.05, 0.1) is 6.04 Å². The van der Waals surface area contributed by atoms with Gasteiger partial charge in [0, 0.05) is 32.6 Å². The van der Waals surface area contributed by atoms with Gasteiger partial charge in [-0.1, -0.05) is 76.6 Å². The molecule has 5 rings (SSSR count). The summed E-state index contributed by atoms with van der Waals surface area (Å²) in [5.41, 5.74) is 1.77. The van der Waals surface area contributed by atoms with Crippen LogP contribution in [-0.4, -0.2) is 84.3 Å². The van der Waals surface area contributed by atoms with Crippen LogP contribution in [0.3, 0.4) is 0 Å². The maximum absolute atomic E-state index is 14.6. The third-order valence-corrected chi connectivity index (χ3v) is 8.97. The fourth-order valence-corrected chi connectivity index (χ4v) is 6.06. The van der Waals surface area contributed by atoms with Gasteiger partial charge in [-0.2, -0.15) is 0 Å². The Balaban J connectivity index is 1.73. The van der Waals surface area contributed by atoms with Gasteiger partial charge < -0.3 is 30.5 Å². The Hall–Kier alpha value is -4.18. The van der Waals surface area contributed by atoms with Gasteiger partial charge in [0.1, 0.15) is 30.0 Å². The fraction of sp³-hybridized carbons (Fsp3) is 0.486. The summed E-state index contributed by atoms with van der Waals surface area (Å²) in [4.78, 5) is 58.8. The summed E-state index contributed by atoms with van der Waals surface area (Å²) >= 11 is 0. The van der Waals surface area contributed by atoms with E-state index >= 15 is 0 Å². The lowest BCUT2D eigenvalue weighted by Crippen LogP contribution is -2.61. The van der Waals surface area contributed by atoms with Crippen molar-refractivity contribution in [1.29, 1.82) is 0 Å². The molecule has 3 N–H and O–H groups in total. The average molecular weight is 618 g/mol. The van der Waals surface area contributed by atoms with Crippen molar-refractivity contribution in [3.63, 3.8) is 0 Å². The molecule has 3 aliphatic rings. The largest absolute Gasteiger partial charge is 0.488 e. The standard InChI is InChI=1S/C35H47N5O5/c1-7-23(4)30-32(41)37-19-17-24-13-15-26(16-14-24)45-28-18-20-40(31(28)33(42)38-30)34(43)27(21-25-11-9-8-10-12-25)39(6)35(44)29(36-5)22(2)3/h8-17,19,22-23,27-31,36H,7,18,20-21H2,1-6H3,(H,37,41)(H,38,42)/t23-,27-,28-,29-,30+,31+/m0/s1. The second kappa shape index (κ2) is 15.2. The zero-order valence-electron chi connectivity index (χ0n) is 27.2. The number of carbonyl (C=O) groups is 4. The van der Waals surface area contributed by atoms with Crippen molar-refractivity contribution in [1.82, 2.24) is 25.8 Å². The van der Waals surface area contributed by atoms with Gasteiger partial charge in [-0.25, -0.2) is 0 Å². The number of carbonyl (C=O) groups excluding carboxylic acids is 4. The fourth-order valence-electron chi connectivity index (χ4n) is 6.06. The minimum atomic E-state index is -1.01. The predicted octanol–water partition coefficient (Wildman–Crippen LogP) is 2.98. The Bertz CT molecular complexity index is 1360. The maximum Gasteiger partial charge on any atom is 0.247 e. The molecule has 2 bridgehead atoms. The molecule has 4 amide bonds. The summed E-state index contributed by atoms with van der Waals surface area (Å²) < 4.78 is 6.36. The number of hydrogen-bond donors (Lipinski definition) is 3. The van der Waals surface area contributed by atoms with Crippen molar-refractivity contribution in [2.24, 2.45) is 11.8 Å². The summed E-state index contributed by atoms with van der Waals surface area (Å²) in [6.07, 6.45) is 4.04. The number of likely N-dealkylation sites (N-methyl/N-ethyl adjacent to an activating group) is 2. The Morgan fingerprint density at radius 3 is 2.36 bits per heavy atom. The van der Waals surface area contributed by atoms with Crippen molar-refractivity contribution >= 4 is 29.7 Å². The number of benzene rings is 2. The first-order valence-electron chi connectivity index (χ1n) is 15.9. The molecule has 242 valence electrons. The SMILES string of the molecule is CC[C@H](C)[C@H]1NC(=O)[C@H]2[C@H](CCN2C(=O)[C@H](Cc2ccccc2)N(C)C(=O)[C@@H](NC)C(C)C)Oc2ccc(cc2)C=CNC1=O. The molecular weight excluding hydrogens is 570 g/mol. The van der Waals surface area contributed by atoms with Gasteiger partial charge in [0.15, 0.2) is 0 Å². The van der Waals surface area contributed by atoms with E-state index in [1.165, 1.54) is 9.80 Å². The maximum atomic E-state index is 14.6. The van der Waals surface area contributed by atoms with Gasteiger partial charge >= 0.3 is 0 Å². The molecule has 1 saturated heterocycles.